The molecule has 2 aromatic rings. The zero-order valence-corrected chi connectivity index (χ0v) is 16.7. The van der Waals surface area contributed by atoms with Gasteiger partial charge in [0.15, 0.2) is 12.4 Å². The van der Waals surface area contributed by atoms with Gasteiger partial charge in [0.2, 0.25) is 0 Å². The lowest BCUT2D eigenvalue weighted by Gasteiger charge is -2.34. The Labute approximate surface area is 165 Å². The van der Waals surface area contributed by atoms with Crippen LogP contribution in [0.15, 0.2) is 28.8 Å². The first-order chi connectivity index (χ1) is 13.5. The monoisotopic (exact) mass is 385 g/mol. The van der Waals surface area contributed by atoms with Crippen molar-refractivity contribution in [3.05, 3.63) is 46.8 Å². The summed E-state index contributed by atoms with van der Waals surface area (Å²) < 4.78 is 10.8. The molecular weight excluding hydrogens is 358 g/mol. The average Bonchev–Trinajstić information content (AvgIpc) is 3.04. The number of piperazine rings is 1. The Kier molecular flexibility index (Phi) is 6.46. The predicted octanol–water partition coefficient (Wildman–Crippen LogP) is 2.61. The van der Waals surface area contributed by atoms with Gasteiger partial charge < -0.3 is 14.2 Å². The fraction of sp³-hybridized carbons (Fsp3) is 0.476. The number of ether oxygens (including phenoxy) is 1. The van der Waals surface area contributed by atoms with Crippen LogP contribution in [0.4, 0.5) is 0 Å². The van der Waals surface area contributed by atoms with E-state index in [1.807, 2.05) is 25.7 Å². The highest BCUT2D eigenvalue weighted by Crippen LogP contribution is 2.17. The van der Waals surface area contributed by atoms with Gasteiger partial charge >= 0.3 is 0 Å². The molecule has 0 saturated carbocycles. The van der Waals surface area contributed by atoms with Crippen LogP contribution in [-0.2, 0) is 11.3 Å². The molecular formula is C21H27N3O4. The van der Waals surface area contributed by atoms with E-state index in [0.717, 1.165) is 36.7 Å². The molecule has 0 aliphatic carbocycles. The second-order valence-corrected chi connectivity index (χ2v) is 7.05. The third kappa shape index (κ3) is 4.78. The van der Waals surface area contributed by atoms with Crippen molar-refractivity contribution in [2.24, 2.45) is 0 Å². The van der Waals surface area contributed by atoms with Gasteiger partial charge in [-0.25, -0.2) is 0 Å². The topological polar surface area (TPSA) is 75.9 Å². The maximum atomic E-state index is 12.4. The number of carbonyl (C=O) groups is 2. The van der Waals surface area contributed by atoms with Gasteiger partial charge in [-0.15, -0.1) is 0 Å². The quantitative estimate of drug-likeness (QED) is 0.682. The van der Waals surface area contributed by atoms with Crippen molar-refractivity contribution in [2.75, 3.05) is 32.8 Å². The average molecular weight is 385 g/mol. The Balaban J connectivity index is 1.44. The van der Waals surface area contributed by atoms with Crippen LogP contribution in [0.3, 0.4) is 0 Å². The summed E-state index contributed by atoms with van der Waals surface area (Å²) in [6, 6.07) is 6.94. The van der Waals surface area contributed by atoms with E-state index in [2.05, 4.69) is 10.1 Å². The second kappa shape index (κ2) is 9.01. The van der Waals surface area contributed by atoms with Crippen LogP contribution < -0.4 is 4.74 Å². The number of aryl methyl sites for hydroxylation is 2. The molecule has 1 fully saturated rings. The third-order valence-corrected chi connectivity index (χ3v) is 5.15. The molecule has 150 valence electrons. The summed E-state index contributed by atoms with van der Waals surface area (Å²) in [7, 11) is 0. The van der Waals surface area contributed by atoms with E-state index in [-0.39, 0.29) is 18.3 Å². The van der Waals surface area contributed by atoms with Gasteiger partial charge in [0.05, 0.1) is 5.69 Å². The predicted molar refractivity (Wildman–Crippen MR) is 104 cm³/mol. The fourth-order valence-corrected chi connectivity index (χ4v) is 3.28. The molecule has 0 radical (unpaired) electrons. The minimum absolute atomic E-state index is 0.00490. The number of hydrogen-bond acceptors (Lipinski definition) is 6. The maximum Gasteiger partial charge on any atom is 0.260 e. The molecule has 1 amide bonds. The van der Waals surface area contributed by atoms with E-state index in [1.165, 1.54) is 0 Å². The van der Waals surface area contributed by atoms with Crippen molar-refractivity contribution in [1.29, 1.82) is 0 Å². The minimum atomic E-state index is -0.0225. The van der Waals surface area contributed by atoms with E-state index in [1.54, 1.807) is 24.3 Å². The first-order valence-electron chi connectivity index (χ1n) is 9.66. The van der Waals surface area contributed by atoms with Crippen molar-refractivity contribution in [3.63, 3.8) is 0 Å². The summed E-state index contributed by atoms with van der Waals surface area (Å²) in [5.74, 6) is 1.52. The number of hydrogen-bond donors (Lipinski definition) is 0. The smallest absolute Gasteiger partial charge is 0.260 e. The Morgan fingerprint density at radius 3 is 2.36 bits per heavy atom. The molecule has 2 heterocycles. The molecule has 0 N–H and O–H groups in total. The van der Waals surface area contributed by atoms with Gasteiger partial charge in [0.25, 0.3) is 5.91 Å². The fourth-order valence-electron chi connectivity index (χ4n) is 3.28. The Morgan fingerprint density at radius 2 is 1.79 bits per heavy atom. The molecule has 7 heteroatoms. The van der Waals surface area contributed by atoms with Gasteiger partial charge in [-0.05, 0) is 38.1 Å². The van der Waals surface area contributed by atoms with Crippen LogP contribution in [0, 0.1) is 13.8 Å². The van der Waals surface area contributed by atoms with E-state index in [9.17, 15) is 9.59 Å². The first kappa shape index (κ1) is 20.1. The van der Waals surface area contributed by atoms with E-state index in [0.29, 0.717) is 30.8 Å². The molecule has 1 aromatic carbocycles. The number of aromatic nitrogens is 1. The Morgan fingerprint density at radius 1 is 1.11 bits per heavy atom. The van der Waals surface area contributed by atoms with Gasteiger partial charge in [0.1, 0.15) is 11.5 Å². The highest BCUT2D eigenvalue weighted by Gasteiger charge is 2.23. The molecule has 0 spiro atoms. The summed E-state index contributed by atoms with van der Waals surface area (Å²) in [5, 5.41) is 4.00. The minimum Gasteiger partial charge on any atom is -0.484 e. The Hall–Kier alpha value is -2.67. The van der Waals surface area contributed by atoms with Gasteiger partial charge in [-0.2, -0.15) is 0 Å². The van der Waals surface area contributed by atoms with Crippen LogP contribution >= 0.6 is 0 Å². The molecule has 0 unspecified atom stereocenters. The molecule has 0 bridgehead atoms. The van der Waals surface area contributed by atoms with E-state index >= 15 is 0 Å². The van der Waals surface area contributed by atoms with Crippen molar-refractivity contribution in [3.8, 4) is 5.75 Å². The van der Waals surface area contributed by atoms with Crippen molar-refractivity contribution >= 4 is 11.7 Å². The standard InChI is InChI=1S/C21H27N3O4/c1-4-20(25)17-5-7-18(8-6-17)27-14-21(26)24-11-9-23(10-12-24)13-19-15(2)22-28-16(19)3/h5-8H,4,9-14H2,1-3H3. The van der Waals surface area contributed by atoms with Gasteiger partial charge in [-0.3, -0.25) is 14.5 Å². The molecule has 1 aromatic heterocycles. The van der Waals surface area contributed by atoms with E-state index in [4.69, 9.17) is 9.26 Å². The largest absolute Gasteiger partial charge is 0.484 e. The lowest BCUT2D eigenvalue weighted by molar-refractivity contribution is -0.135. The van der Waals surface area contributed by atoms with Crippen LogP contribution in [-0.4, -0.2) is 59.4 Å². The highest BCUT2D eigenvalue weighted by atomic mass is 16.5. The number of benzene rings is 1. The van der Waals surface area contributed by atoms with E-state index < -0.39 is 0 Å². The van der Waals surface area contributed by atoms with Crippen LogP contribution in [0.5, 0.6) is 5.75 Å². The summed E-state index contributed by atoms with van der Waals surface area (Å²) in [6.45, 7) is 9.48. The van der Waals surface area contributed by atoms with Crippen LogP contribution in [0.2, 0.25) is 0 Å². The van der Waals surface area contributed by atoms with Gasteiger partial charge in [0, 0.05) is 50.3 Å². The molecule has 7 nitrogen and oxygen atoms in total. The normalized spacial score (nSPS) is 14.9. The lowest BCUT2D eigenvalue weighted by atomic mass is 10.1. The molecule has 28 heavy (non-hydrogen) atoms. The molecule has 0 atom stereocenters. The number of amides is 1. The summed E-state index contributed by atoms with van der Waals surface area (Å²) in [6.07, 6.45) is 0.473. The molecule has 1 aliphatic rings. The highest BCUT2D eigenvalue weighted by molar-refractivity contribution is 5.95. The molecule has 1 saturated heterocycles. The third-order valence-electron chi connectivity index (χ3n) is 5.15. The molecule has 1 aliphatic heterocycles. The molecule has 3 rings (SSSR count). The number of Topliss-reactive ketones (excluding diaryl/α,β-unsaturated/α-hetero) is 1. The van der Waals surface area contributed by atoms with Crippen molar-refractivity contribution in [2.45, 2.75) is 33.7 Å². The first-order valence-corrected chi connectivity index (χ1v) is 9.66. The number of carbonyl (C=O) groups excluding carboxylic acids is 2. The van der Waals surface area contributed by atoms with Crippen LogP contribution in [0.25, 0.3) is 0 Å². The summed E-state index contributed by atoms with van der Waals surface area (Å²) in [5.41, 5.74) is 2.72. The zero-order valence-electron chi connectivity index (χ0n) is 16.7. The lowest BCUT2D eigenvalue weighted by Crippen LogP contribution is -2.49. The number of rotatable bonds is 7. The second-order valence-electron chi connectivity index (χ2n) is 7.05. The SMILES string of the molecule is CCC(=O)c1ccc(OCC(=O)N2CCN(Cc3c(C)noc3C)CC2)cc1. The van der Waals surface area contributed by atoms with Crippen LogP contribution in [0.1, 0.15) is 40.7 Å². The summed E-state index contributed by atoms with van der Waals surface area (Å²) >= 11 is 0. The Bertz CT molecular complexity index is 801. The van der Waals surface area contributed by atoms with Gasteiger partial charge in [-0.1, -0.05) is 12.1 Å². The van der Waals surface area contributed by atoms with Crippen molar-refractivity contribution in [1.82, 2.24) is 15.0 Å². The zero-order chi connectivity index (χ0) is 20.1. The number of nitrogens with zero attached hydrogens (tertiary/aromatic N) is 3. The van der Waals surface area contributed by atoms with Crippen molar-refractivity contribution < 1.29 is 18.8 Å². The number of ketones is 1. The maximum absolute atomic E-state index is 12.4. The summed E-state index contributed by atoms with van der Waals surface area (Å²) in [4.78, 5) is 28.2.